The lowest BCUT2D eigenvalue weighted by Gasteiger charge is -2.26. The van der Waals surface area contributed by atoms with E-state index in [0.717, 1.165) is 40.0 Å². The number of anilines is 3. The van der Waals surface area contributed by atoms with Gasteiger partial charge in [0, 0.05) is 84.4 Å². The van der Waals surface area contributed by atoms with Crippen LogP contribution in [-0.2, 0) is 39.9 Å². The molecule has 0 saturated carbocycles. The molecule has 12 nitrogen and oxygen atoms in total. The highest BCUT2D eigenvalue weighted by atomic mass is 127. The molecule has 3 rings (SSSR count). The van der Waals surface area contributed by atoms with Gasteiger partial charge in [0.1, 0.15) is 23.5 Å². The molecule has 0 saturated heterocycles. The molecule has 0 fully saturated rings. The molecular weight excluding hydrogens is 1340 g/mol. The molecule has 0 bridgehead atoms. The minimum Gasteiger partial charge on any atom is -0.460 e. The van der Waals surface area contributed by atoms with Gasteiger partial charge < -0.3 is 49.8 Å². The SMILES string of the molecule is CC(C)(C)OC(=O)C[C@H](CI)N[B]C=O.Cc1ccc(N(CCCl)CCCl)cc1C[C@H](N[B]C=O)C(=O)OC(C)(C)C.Cc1ccc(N(CCCl)CCCl)cc1I.Cc1ccc(N)cc1I.O=CCCl. The number of nitrogens with one attached hydrogen (secondary N) is 2. The van der Waals surface area contributed by atoms with Gasteiger partial charge in [0.2, 0.25) is 0 Å². The molecule has 22 heteroatoms. The smallest absolute Gasteiger partial charge is 0.322 e. The first-order chi connectivity index (χ1) is 32.9. The maximum atomic E-state index is 12.5. The van der Waals surface area contributed by atoms with Gasteiger partial charge in [0.05, 0.1) is 24.7 Å². The van der Waals surface area contributed by atoms with Gasteiger partial charge in [-0.25, -0.2) is 0 Å². The highest BCUT2D eigenvalue weighted by Crippen LogP contribution is 2.23. The normalized spacial score (nSPS) is 11.4. The van der Waals surface area contributed by atoms with Gasteiger partial charge in [-0.3, -0.25) is 9.59 Å². The number of aryl methyl sites for hydroxylation is 3. The average Bonchev–Trinajstić information content (AvgIpc) is 3.28. The summed E-state index contributed by atoms with van der Waals surface area (Å²) < 4.78 is 13.9. The average molecular weight is 1410 g/mol. The Morgan fingerprint density at radius 1 is 0.686 bits per heavy atom. The van der Waals surface area contributed by atoms with Crippen LogP contribution in [0, 0.1) is 27.9 Å². The van der Waals surface area contributed by atoms with Crippen LogP contribution in [0.4, 0.5) is 17.1 Å². The van der Waals surface area contributed by atoms with E-state index in [9.17, 15) is 19.2 Å². The first-order valence-corrected chi connectivity index (χ1v) is 28.4. The summed E-state index contributed by atoms with van der Waals surface area (Å²) in [6.07, 6.45) is 2.58. The number of carbonyl (C=O) groups is 5. The predicted octanol–water partition coefficient (Wildman–Crippen LogP) is 10.3. The monoisotopic (exact) mass is 1410 g/mol. The molecule has 70 heavy (non-hydrogen) atoms. The maximum absolute atomic E-state index is 12.5. The fourth-order valence-corrected chi connectivity index (χ4v) is 7.91. The quantitative estimate of drug-likeness (QED) is 0.0206. The first kappa shape index (κ1) is 70.8. The van der Waals surface area contributed by atoms with E-state index in [1.807, 2.05) is 84.9 Å². The number of hydrogen-bond donors (Lipinski definition) is 3. The molecule has 0 unspecified atom stereocenters. The second kappa shape index (κ2) is 41.0. The number of ether oxygens (including phenoxy) is 2. The van der Waals surface area contributed by atoms with Crippen LogP contribution < -0.4 is 26.0 Å². The number of esters is 2. The summed E-state index contributed by atoms with van der Waals surface area (Å²) in [5, 5.41) is 5.68. The third-order valence-corrected chi connectivity index (χ3v) is 13.0. The van der Waals surface area contributed by atoms with Crippen LogP contribution in [0.3, 0.4) is 0 Å². The number of halogens is 8. The topological polar surface area (TPSA) is 160 Å². The summed E-state index contributed by atoms with van der Waals surface area (Å²) in [7, 11) is 2.52. The summed E-state index contributed by atoms with van der Waals surface area (Å²) in [5.41, 5.74) is 12.1. The molecule has 0 aromatic heterocycles. The Labute approximate surface area is 485 Å². The van der Waals surface area contributed by atoms with Crippen molar-refractivity contribution in [3.05, 3.63) is 84.0 Å². The molecule has 0 amide bonds. The molecule has 0 aliphatic heterocycles. The minimum absolute atomic E-state index is 0.0503. The molecule has 390 valence electrons. The van der Waals surface area contributed by atoms with Gasteiger partial charge >= 0.3 is 11.9 Å². The first-order valence-electron chi connectivity index (χ1n) is 22.1. The summed E-state index contributed by atoms with van der Waals surface area (Å²) >= 11 is 34.9. The van der Waals surface area contributed by atoms with Gasteiger partial charge in [0.15, 0.2) is 0 Å². The van der Waals surface area contributed by atoms with Crippen LogP contribution in [0.2, 0.25) is 0 Å². The highest BCUT2D eigenvalue weighted by molar-refractivity contribution is 14.1. The van der Waals surface area contributed by atoms with Gasteiger partial charge in [-0.2, -0.15) is 0 Å². The molecule has 4 N–H and O–H groups in total. The Balaban J connectivity index is 0. The van der Waals surface area contributed by atoms with Gasteiger partial charge in [-0.05, 0) is 173 Å². The molecule has 2 radical (unpaired) electrons. The predicted molar refractivity (Wildman–Crippen MR) is 325 cm³/mol. The number of alkyl halides is 6. The van der Waals surface area contributed by atoms with E-state index >= 15 is 0 Å². The molecule has 0 heterocycles. The van der Waals surface area contributed by atoms with Gasteiger partial charge in [0.25, 0.3) is 14.8 Å². The van der Waals surface area contributed by atoms with E-state index in [2.05, 4.69) is 120 Å². The fourth-order valence-electron chi connectivity index (χ4n) is 5.49. The lowest BCUT2D eigenvalue weighted by Crippen LogP contribution is -2.45. The molecule has 3 aromatic carbocycles. The maximum Gasteiger partial charge on any atom is 0.322 e. The van der Waals surface area contributed by atoms with Crippen LogP contribution in [0.15, 0.2) is 54.6 Å². The number of hydrogen-bond acceptors (Lipinski definition) is 12. The van der Waals surface area contributed by atoms with Crippen LogP contribution in [0.5, 0.6) is 0 Å². The molecule has 2 atom stereocenters. The minimum atomic E-state index is -0.655. The van der Waals surface area contributed by atoms with Crippen molar-refractivity contribution in [1.82, 2.24) is 10.5 Å². The Morgan fingerprint density at radius 3 is 1.50 bits per heavy atom. The number of benzene rings is 3. The lowest BCUT2D eigenvalue weighted by molar-refractivity contribution is -0.157. The third kappa shape index (κ3) is 35.0. The van der Waals surface area contributed by atoms with Crippen molar-refractivity contribution in [2.24, 2.45) is 0 Å². The number of aldehydes is 1. The van der Waals surface area contributed by atoms with E-state index in [0.29, 0.717) is 61.7 Å². The van der Waals surface area contributed by atoms with Crippen molar-refractivity contribution < 1.29 is 33.4 Å². The lowest BCUT2D eigenvalue weighted by atomic mass is 9.92. The Morgan fingerprint density at radius 2 is 1.11 bits per heavy atom. The summed E-state index contributed by atoms with van der Waals surface area (Å²) in [6.45, 7) is 20.1. The summed E-state index contributed by atoms with van der Waals surface area (Å²) in [4.78, 5) is 58.1. The molecule has 0 aliphatic rings. The highest BCUT2D eigenvalue weighted by Gasteiger charge is 2.26. The number of nitrogen functional groups attached to an aromatic ring is 1. The van der Waals surface area contributed by atoms with Crippen molar-refractivity contribution in [3.63, 3.8) is 0 Å². The van der Waals surface area contributed by atoms with Crippen LogP contribution >= 0.6 is 126 Å². The Kier molecular flexibility index (Phi) is 41.5. The zero-order valence-corrected chi connectivity index (χ0v) is 51.8. The van der Waals surface area contributed by atoms with Crippen molar-refractivity contribution >= 4 is 188 Å². The zero-order valence-electron chi connectivity index (χ0n) is 41.6. The third-order valence-electron chi connectivity index (χ3n) is 8.80. The Hall–Kier alpha value is -1.30. The van der Waals surface area contributed by atoms with Crippen LogP contribution in [0.1, 0.15) is 70.2 Å². The number of nitrogens with zero attached hydrogens (tertiary/aromatic N) is 2. The number of rotatable bonds is 23. The largest absolute Gasteiger partial charge is 0.460 e. The summed E-state index contributed by atoms with van der Waals surface area (Å²) in [6, 6.07) is 17.7. The van der Waals surface area contributed by atoms with Crippen molar-refractivity contribution in [3.8, 4) is 0 Å². The molecule has 0 aliphatic carbocycles. The van der Waals surface area contributed by atoms with E-state index in [-0.39, 0.29) is 24.3 Å². The fraction of sp³-hybridized carbons (Fsp3) is 0.521. The van der Waals surface area contributed by atoms with E-state index in [4.69, 9.17) is 78.0 Å². The van der Waals surface area contributed by atoms with E-state index in [1.165, 1.54) is 38.8 Å². The van der Waals surface area contributed by atoms with Gasteiger partial charge in [-0.15, -0.1) is 58.0 Å². The van der Waals surface area contributed by atoms with Gasteiger partial charge in [-0.1, -0.05) is 40.8 Å². The summed E-state index contributed by atoms with van der Waals surface area (Å²) in [5.74, 6) is 1.70. The second-order valence-corrected chi connectivity index (χ2v) is 22.0. The van der Waals surface area contributed by atoms with Crippen LogP contribution in [0.25, 0.3) is 0 Å². The van der Waals surface area contributed by atoms with Crippen molar-refractivity contribution in [1.29, 1.82) is 0 Å². The standard InChI is InChI=1S/C19H28BCl2N2O3.C11H14Cl2IN.C9H16BINO3.C7H8IN.C2H3ClO/c1-14-5-6-16(24(9-7-21)10-8-22)11-15(14)12-17(23-20-13-25)18(26)27-19(2,3)4;1-9-2-3-10(8-11(9)14)15(6-4-12)7-5-13;1-9(2,3)15-8(14)4-7(5-11)12-10-6-13;1-5-2-3-6(9)4-7(5)8;3-1-2-4/h5-6,11,13,17,23H,7-10,12H2,1-4H3;2-3,8H,4-7H2,1H3;6-7,12H,4-5H2,1-3H3;2-4H,9H2,1H3;2H,1H2/t17-;;7-;;/m0.1../s1. The van der Waals surface area contributed by atoms with E-state index < -0.39 is 23.2 Å². The molecule has 0 spiro atoms. The van der Waals surface area contributed by atoms with E-state index in [1.54, 1.807) is 0 Å². The number of carbonyl (C=O) groups excluding carboxylic acids is 5. The van der Waals surface area contributed by atoms with Crippen molar-refractivity contribution in [2.75, 3.05) is 75.5 Å². The molecule has 3 aromatic rings. The number of nitrogens with two attached hydrogens (primary N) is 1. The van der Waals surface area contributed by atoms with Crippen LogP contribution in [-0.4, -0.2) is 129 Å². The zero-order chi connectivity index (χ0) is 53.9. The van der Waals surface area contributed by atoms with Crippen molar-refractivity contribution in [2.45, 2.75) is 98.4 Å². The second-order valence-electron chi connectivity index (χ2n) is 17.0. The molecular formula is C48H69B2Cl5I3N5O7. The Bertz CT molecular complexity index is 1960.